The number of sulfonamides is 1. The summed E-state index contributed by atoms with van der Waals surface area (Å²) in [6.07, 6.45) is 2.09. The molecule has 1 aromatic heterocycles. The number of rotatable bonds is 7. The van der Waals surface area contributed by atoms with Crippen molar-refractivity contribution in [3.05, 3.63) is 83.4 Å². The number of H-pyrrole nitrogens is 1. The van der Waals surface area contributed by atoms with Gasteiger partial charge < -0.3 is 25.2 Å². The Hall–Kier alpha value is -4.77. The first-order valence-corrected chi connectivity index (χ1v) is 18.2. The van der Waals surface area contributed by atoms with Gasteiger partial charge in [-0.2, -0.15) is 4.31 Å². The van der Waals surface area contributed by atoms with Gasteiger partial charge in [0.25, 0.3) is 11.8 Å². The van der Waals surface area contributed by atoms with E-state index in [2.05, 4.69) is 39.0 Å². The minimum Gasteiger partial charge on any atom is -0.494 e. The Labute approximate surface area is 289 Å². The van der Waals surface area contributed by atoms with Gasteiger partial charge in [-0.05, 0) is 62.7 Å². The third-order valence-corrected chi connectivity index (χ3v) is 11.5. The fraction of sp³-hybridized carbons (Fsp3) is 0.351. The highest BCUT2D eigenvalue weighted by Gasteiger charge is 2.44. The molecule has 3 fully saturated rings. The molecule has 3 aliphatic rings. The van der Waals surface area contributed by atoms with Gasteiger partial charge in [-0.25, -0.2) is 22.2 Å². The molecular weight excluding hydrogens is 663 g/mol. The molecule has 13 heteroatoms. The van der Waals surface area contributed by atoms with E-state index in [0.717, 1.165) is 55.4 Å². The lowest BCUT2D eigenvalue weighted by Crippen LogP contribution is -2.44. The van der Waals surface area contributed by atoms with Crippen LogP contribution in [0, 0.1) is 11.8 Å². The highest BCUT2D eigenvalue weighted by Crippen LogP contribution is 2.37. The number of anilines is 1. The maximum Gasteiger partial charge on any atom is 0.296 e. The van der Waals surface area contributed by atoms with Crippen LogP contribution in [0.5, 0.6) is 5.88 Å². The van der Waals surface area contributed by atoms with E-state index in [4.69, 9.17) is 4.99 Å². The quantitative estimate of drug-likeness (QED) is 0.188. The van der Waals surface area contributed by atoms with Gasteiger partial charge in [-0.3, -0.25) is 4.79 Å². The normalized spacial score (nSPS) is 18.9. The number of carbonyl (C=O) groups excluding carboxylic acids is 1. The van der Waals surface area contributed by atoms with Gasteiger partial charge in [0.2, 0.25) is 10.0 Å². The number of piperazine rings is 1. The number of benzene rings is 3. The van der Waals surface area contributed by atoms with E-state index in [9.17, 15) is 27.1 Å². The fourth-order valence-electron chi connectivity index (χ4n) is 6.50. The largest absolute Gasteiger partial charge is 0.494 e. The number of alkyl halides is 2. The zero-order chi connectivity index (χ0) is 35.0. The molecule has 50 heavy (non-hydrogen) atoms. The number of likely N-dealkylation sites (N-methyl/N-ethyl adjacent to an activating group) is 1. The molecule has 10 nitrogen and oxygen atoms in total. The van der Waals surface area contributed by atoms with Gasteiger partial charge in [-0.15, -0.1) is 0 Å². The summed E-state index contributed by atoms with van der Waals surface area (Å²) in [5.74, 6) is 1.17. The molecule has 0 bridgehead atoms. The molecule has 260 valence electrons. The number of carbonyl (C=O) groups is 1. The summed E-state index contributed by atoms with van der Waals surface area (Å²) >= 11 is 0. The molecule has 1 amide bonds. The van der Waals surface area contributed by atoms with Gasteiger partial charge in [0.05, 0.1) is 33.9 Å². The molecule has 2 aliphatic heterocycles. The first-order valence-electron chi connectivity index (χ1n) is 16.7. The summed E-state index contributed by atoms with van der Waals surface area (Å²) in [5, 5.41) is 14.5. The van der Waals surface area contributed by atoms with E-state index in [1.54, 1.807) is 0 Å². The van der Waals surface area contributed by atoms with Crippen molar-refractivity contribution < 1.29 is 27.1 Å². The number of aromatic nitrogens is 1. The van der Waals surface area contributed by atoms with E-state index in [0.29, 0.717) is 27.9 Å². The van der Waals surface area contributed by atoms with Crippen LogP contribution in [0.25, 0.3) is 10.9 Å². The van der Waals surface area contributed by atoms with Gasteiger partial charge in [0.1, 0.15) is 0 Å². The molecule has 1 aliphatic carbocycles. The van der Waals surface area contributed by atoms with Crippen molar-refractivity contribution in [1.82, 2.24) is 19.5 Å². The molecule has 3 aromatic carbocycles. The lowest BCUT2D eigenvalue weighted by molar-refractivity contribution is -0.116. The second-order valence-corrected chi connectivity index (χ2v) is 15.1. The molecule has 1 saturated carbocycles. The van der Waals surface area contributed by atoms with Crippen LogP contribution in [-0.2, 0) is 14.8 Å². The van der Waals surface area contributed by atoms with E-state index < -0.39 is 34.8 Å². The molecule has 3 N–H and O–H groups in total. The number of amides is 1. The molecular formula is C37H38F2N6O4S. The molecule has 2 saturated heterocycles. The van der Waals surface area contributed by atoms with E-state index >= 15 is 0 Å². The maximum absolute atomic E-state index is 14.3. The summed E-state index contributed by atoms with van der Waals surface area (Å²) in [6.45, 7) is 2.43. The summed E-state index contributed by atoms with van der Waals surface area (Å²) in [5.41, 5.74) is 3.24. The van der Waals surface area contributed by atoms with Crippen LogP contribution < -0.4 is 10.2 Å². The third kappa shape index (κ3) is 6.96. The molecule has 7 rings (SSSR count). The summed E-state index contributed by atoms with van der Waals surface area (Å²) < 4.78 is 57.3. The van der Waals surface area contributed by atoms with Gasteiger partial charge >= 0.3 is 0 Å². The monoisotopic (exact) mass is 700 g/mol. The van der Waals surface area contributed by atoms with E-state index in [1.165, 1.54) is 12.1 Å². The average molecular weight is 701 g/mol. The molecule has 3 heterocycles. The van der Waals surface area contributed by atoms with Crippen LogP contribution in [0.4, 0.5) is 20.2 Å². The van der Waals surface area contributed by atoms with Crippen molar-refractivity contribution in [2.45, 2.75) is 42.5 Å². The zero-order valence-corrected chi connectivity index (χ0v) is 28.4. The molecule has 0 atom stereocenters. The van der Waals surface area contributed by atoms with E-state index in [-0.39, 0.29) is 34.5 Å². The van der Waals surface area contributed by atoms with Crippen molar-refractivity contribution in [3.63, 3.8) is 0 Å². The van der Waals surface area contributed by atoms with Crippen molar-refractivity contribution >= 4 is 43.9 Å². The van der Waals surface area contributed by atoms with Crippen LogP contribution in [0.1, 0.15) is 42.4 Å². The van der Waals surface area contributed by atoms with Crippen molar-refractivity contribution in [3.8, 4) is 17.7 Å². The van der Waals surface area contributed by atoms with Gasteiger partial charge in [0.15, 0.2) is 5.88 Å². The molecule has 4 aromatic rings. The lowest BCUT2D eigenvalue weighted by Gasteiger charge is -2.34. The summed E-state index contributed by atoms with van der Waals surface area (Å²) in [7, 11) is -2.39. The van der Waals surface area contributed by atoms with Crippen LogP contribution in [0.3, 0.4) is 0 Å². The molecule has 0 spiro atoms. The van der Waals surface area contributed by atoms with Gasteiger partial charge in [0, 0.05) is 73.3 Å². The number of nitrogens with zero attached hydrogens (tertiary/aromatic N) is 4. The Morgan fingerprint density at radius 3 is 2.38 bits per heavy atom. The number of hydrogen-bond acceptors (Lipinski definition) is 7. The van der Waals surface area contributed by atoms with Crippen LogP contribution in [0.15, 0.2) is 76.6 Å². The predicted molar refractivity (Wildman–Crippen MR) is 189 cm³/mol. The Balaban J connectivity index is 1.34. The predicted octanol–water partition coefficient (Wildman–Crippen LogP) is 4.84. The van der Waals surface area contributed by atoms with Crippen LogP contribution in [-0.4, -0.2) is 97.6 Å². The highest BCUT2D eigenvalue weighted by molar-refractivity contribution is 7.89. The Kier molecular flexibility index (Phi) is 9.11. The number of fused-ring (bicyclic) bond motifs is 1. The van der Waals surface area contributed by atoms with Crippen molar-refractivity contribution in [2.75, 3.05) is 51.2 Å². The Morgan fingerprint density at radius 1 is 1.02 bits per heavy atom. The summed E-state index contributed by atoms with van der Waals surface area (Å²) in [6, 6.07) is 19.8. The number of hydrogen-bond donors (Lipinski definition) is 3. The average Bonchev–Trinajstić information content (AvgIpc) is 3.62. The number of aliphatic imine (C=N–C) groups is 1. The zero-order valence-electron chi connectivity index (χ0n) is 27.6. The summed E-state index contributed by atoms with van der Waals surface area (Å²) in [4.78, 5) is 24.7. The van der Waals surface area contributed by atoms with Crippen LogP contribution in [0.2, 0.25) is 0 Å². The second kappa shape index (κ2) is 13.5. The Bertz CT molecular complexity index is 2110. The number of halogens is 2. The number of aromatic amines is 1. The topological polar surface area (TPSA) is 121 Å². The number of aromatic hydroxyl groups is 1. The minimum atomic E-state index is -4.50. The maximum atomic E-state index is 14.3. The molecule has 0 unspecified atom stereocenters. The first kappa shape index (κ1) is 33.7. The Morgan fingerprint density at radius 2 is 1.74 bits per heavy atom. The van der Waals surface area contributed by atoms with Gasteiger partial charge in [-0.1, -0.05) is 36.3 Å². The van der Waals surface area contributed by atoms with Crippen molar-refractivity contribution in [2.24, 2.45) is 4.99 Å². The third-order valence-electron chi connectivity index (χ3n) is 9.63. The smallest absolute Gasteiger partial charge is 0.296 e. The minimum absolute atomic E-state index is 0.0240. The lowest BCUT2D eigenvalue weighted by atomic mass is 9.93. The van der Waals surface area contributed by atoms with E-state index in [1.807, 2.05) is 54.6 Å². The number of nitrogens with one attached hydrogen (secondary N) is 2. The van der Waals surface area contributed by atoms with Crippen LogP contribution >= 0.6 is 0 Å². The SMILES string of the molecule is CN1CCN(c2ccc(N=C(c3ccccc3)c3c(O)[nH]c4cc(C#CC(=O)NC5CCC5)c(S(=O)(=O)N5CCC(F)(F)C5)cc34)cc2)CC1. The first-order chi connectivity index (χ1) is 24.0. The second-order valence-electron chi connectivity index (χ2n) is 13.2. The fourth-order valence-corrected chi connectivity index (χ4v) is 8.12. The van der Waals surface area contributed by atoms with Crippen molar-refractivity contribution in [1.29, 1.82) is 0 Å². The molecule has 0 radical (unpaired) electrons. The standard InChI is InChI=1S/C37H38F2N6O4S/c1-43-18-20-44(21-19-43)29-13-11-28(12-14-29)41-35(25-6-3-2-4-7-25)34-30-23-32(50(48,49)45-17-16-37(38,39)24-45)26(22-31(30)42-36(34)47)10-15-33(46)40-27-8-5-9-27/h2-4,6-7,11-14,22-23,27,42,47H,5,8-9,16-21,24H2,1H3,(H,40,46). The highest BCUT2D eigenvalue weighted by atomic mass is 32.2.